The molecule has 0 bridgehead atoms. The van der Waals surface area contributed by atoms with Gasteiger partial charge >= 0.3 is 0 Å². The molecule has 2 atom stereocenters. The highest BCUT2D eigenvalue weighted by atomic mass is 19.1. The number of aryl methyl sites for hydroxylation is 2. The Balaban J connectivity index is 1.38. The van der Waals surface area contributed by atoms with Crippen LogP contribution in [0.2, 0.25) is 0 Å². The van der Waals surface area contributed by atoms with E-state index in [9.17, 15) is 8.78 Å². The largest absolute Gasteiger partial charge is 0.366 e. The van der Waals surface area contributed by atoms with Crippen LogP contribution in [0.4, 0.5) is 8.78 Å². The Hall–Kier alpha value is -2.31. The fraction of sp³-hybridized carbons (Fsp3) is 0.381. The van der Waals surface area contributed by atoms with Crippen LogP contribution in [0.3, 0.4) is 0 Å². The molecule has 2 unspecified atom stereocenters. The summed E-state index contributed by atoms with van der Waals surface area (Å²) in [5.41, 5.74) is 4.81. The fourth-order valence-electron chi connectivity index (χ4n) is 3.54. The third kappa shape index (κ3) is 3.87. The Kier molecular flexibility index (Phi) is 4.93. The smallest absolute Gasteiger partial charge is 0.140 e. The number of H-pyrrole nitrogens is 1. The summed E-state index contributed by atoms with van der Waals surface area (Å²) in [7, 11) is 0. The molecule has 1 aromatic heterocycles. The molecule has 1 saturated heterocycles. The zero-order chi connectivity index (χ0) is 19.0. The number of benzene rings is 2. The number of nitrogens with zero attached hydrogens (tertiary/aromatic N) is 2. The summed E-state index contributed by atoms with van der Waals surface area (Å²) >= 11 is 0. The van der Waals surface area contributed by atoms with Gasteiger partial charge in [0.25, 0.3) is 0 Å². The van der Waals surface area contributed by atoms with E-state index in [0.29, 0.717) is 24.5 Å². The topological polar surface area (TPSA) is 41.1 Å². The summed E-state index contributed by atoms with van der Waals surface area (Å²) in [6, 6.07) is 10.7. The average molecular weight is 371 g/mol. The van der Waals surface area contributed by atoms with Gasteiger partial charge in [-0.3, -0.25) is 4.90 Å². The number of hydrogen-bond acceptors (Lipinski definition) is 3. The second-order valence-electron chi connectivity index (χ2n) is 7.29. The Morgan fingerprint density at radius 3 is 2.78 bits per heavy atom. The van der Waals surface area contributed by atoms with Crippen molar-refractivity contribution in [2.24, 2.45) is 0 Å². The molecule has 27 heavy (non-hydrogen) atoms. The number of fused-ring (bicyclic) bond motifs is 1. The van der Waals surface area contributed by atoms with Crippen LogP contribution in [-0.4, -0.2) is 40.2 Å². The van der Waals surface area contributed by atoms with Crippen LogP contribution in [0, 0.1) is 19.7 Å². The molecule has 1 N–H and O–H groups in total. The van der Waals surface area contributed by atoms with E-state index < -0.39 is 12.3 Å². The number of likely N-dealkylation sites (tertiary alicyclic amines) is 1. The third-order valence-electron chi connectivity index (χ3n) is 5.21. The minimum absolute atomic E-state index is 0.228. The first-order valence-corrected chi connectivity index (χ1v) is 9.17. The van der Waals surface area contributed by atoms with E-state index in [1.165, 1.54) is 17.2 Å². The fourth-order valence-corrected chi connectivity index (χ4v) is 3.54. The van der Waals surface area contributed by atoms with Crippen LogP contribution in [0.5, 0.6) is 0 Å². The Morgan fingerprint density at radius 1 is 1.19 bits per heavy atom. The summed E-state index contributed by atoms with van der Waals surface area (Å²) in [5.74, 6) is 0.430. The lowest BCUT2D eigenvalue weighted by Crippen LogP contribution is -2.24. The number of rotatable bonds is 5. The average Bonchev–Trinajstić information content (AvgIpc) is 3.18. The first-order valence-electron chi connectivity index (χ1n) is 9.17. The van der Waals surface area contributed by atoms with Crippen LogP contribution in [0.25, 0.3) is 11.0 Å². The predicted molar refractivity (Wildman–Crippen MR) is 101 cm³/mol. The van der Waals surface area contributed by atoms with Gasteiger partial charge in [0.15, 0.2) is 0 Å². The molecule has 142 valence electrons. The first-order chi connectivity index (χ1) is 13.0. The molecule has 1 aliphatic heterocycles. The lowest BCUT2D eigenvalue weighted by molar-refractivity contribution is 0.00862. The maximum absolute atomic E-state index is 14.4. The maximum atomic E-state index is 14.4. The molecule has 1 fully saturated rings. The molecular weight excluding hydrogens is 348 g/mol. The van der Waals surface area contributed by atoms with Gasteiger partial charge in [-0.2, -0.15) is 0 Å². The van der Waals surface area contributed by atoms with Crippen LogP contribution in [0.15, 0.2) is 36.4 Å². The van der Waals surface area contributed by atoms with Crippen molar-refractivity contribution >= 4 is 11.0 Å². The zero-order valence-corrected chi connectivity index (χ0v) is 15.5. The van der Waals surface area contributed by atoms with Gasteiger partial charge in [-0.1, -0.05) is 18.2 Å². The maximum Gasteiger partial charge on any atom is 0.140 e. The zero-order valence-electron chi connectivity index (χ0n) is 15.5. The molecule has 6 heteroatoms. The van der Waals surface area contributed by atoms with Crippen molar-refractivity contribution in [3.8, 4) is 0 Å². The molecule has 4 nitrogen and oxygen atoms in total. The highest BCUT2D eigenvalue weighted by molar-refractivity contribution is 5.77. The Labute approximate surface area is 157 Å². The van der Waals surface area contributed by atoms with Gasteiger partial charge in [0.2, 0.25) is 0 Å². The van der Waals surface area contributed by atoms with Crippen molar-refractivity contribution in [2.75, 3.05) is 13.1 Å². The molecule has 3 aromatic rings. The number of alkyl halides is 1. The van der Waals surface area contributed by atoms with Gasteiger partial charge in [-0.15, -0.1) is 0 Å². The number of ether oxygens (including phenoxy) is 1. The van der Waals surface area contributed by atoms with E-state index in [0.717, 1.165) is 11.0 Å². The molecule has 0 saturated carbocycles. The summed E-state index contributed by atoms with van der Waals surface area (Å²) in [6.45, 7) is 5.41. The predicted octanol–water partition coefficient (Wildman–Crippen LogP) is 4.06. The van der Waals surface area contributed by atoms with E-state index in [1.807, 2.05) is 11.0 Å². The van der Waals surface area contributed by atoms with Crippen LogP contribution >= 0.6 is 0 Å². The molecule has 0 radical (unpaired) electrons. The molecule has 0 aliphatic carbocycles. The standard InChI is InChI=1S/C21H23F2N3O/c1-13-7-18-19(8-14(13)2)25-21(24-18)12-27-20-11-26(10-17(20)23)9-15-5-3-4-6-16(15)22/h3-8,17,20H,9-12H2,1-2H3,(H,24,25). The summed E-state index contributed by atoms with van der Waals surface area (Å²) in [4.78, 5) is 9.66. The van der Waals surface area contributed by atoms with Crippen molar-refractivity contribution < 1.29 is 13.5 Å². The van der Waals surface area contributed by atoms with Gasteiger partial charge in [0.05, 0.1) is 11.0 Å². The summed E-state index contributed by atoms with van der Waals surface area (Å²) in [6.07, 6.45) is -1.63. The lowest BCUT2D eigenvalue weighted by atomic mass is 10.1. The van der Waals surface area contributed by atoms with Crippen LogP contribution in [-0.2, 0) is 17.9 Å². The van der Waals surface area contributed by atoms with E-state index in [1.54, 1.807) is 18.2 Å². The number of hydrogen-bond donors (Lipinski definition) is 1. The number of nitrogens with one attached hydrogen (secondary N) is 1. The number of aromatic amines is 1. The monoisotopic (exact) mass is 371 g/mol. The Bertz CT molecular complexity index is 917. The Morgan fingerprint density at radius 2 is 1.96 bits per heavy atom. The normalized spacial score (nSPS) is 20.6. The van der Waals surface area contributed by atoms with Crippen LogP contribution < -0.4 is 0 Å². The molecule has 1 aliphatic rings. The van der Waals surface area contributed by atoms with Crippen molar-refractivity contribution in [3.05, 3.63) is 64.7 Å². The molecule has 4 rings (SSSR count). The van der Waals surface area contributed by atoms with Crippen molar-refractivity contribution in [1.29, 1.82) is 0 Å². The van der Waals surface area contributed by atoms with E-state index in [-0.39, 0.29) is 19.0 Å². The first kappa shape index (κ1) is 18.1. The quantitative estimate of drug-likeness (QED) is 0.735. The highest BCUT2D eigenvalue weighted by Gasteiger charge is 2.34. The van der Waals surface area contributed by atoms with Crippen molar-refractivity contribution in [2.45, 2.75) is 39.3 Å². The summed E-state index contributed by atoms with van der Waals surface area (Å²) in [5, 5.41) is 0. The number of aromatic nitrogens is 2. The minimum atomic E-state index is -1.09. The van der Waals surface area contributed by atoms with E-state index >= 15 is 0 Å². The second-order valence-corrected chi connectivity index (χ2v) is 7.29. The second kappa shape index (κ2) is 7.37. The van der Waals surface area contributed by atoms with Crippen molar-refractivity contribution in [3.63, 3.8) is 0 Å². The van der Waals surface area contributed by atoms with Gasteiger partial charge in [-0.05, 0) is 43.2 Å². The molecular formula is C21H23F2N3O. The number of halogens is 2. The SMILES string of the molecule is Cc1cc2nc(COC3CN(Cc4ccccc4F)CC3F)[nH]c2cc1C. The third-order valence-corrected chi connectivity index (χ3v) is 5.21. The van der Waals surface area contributed by atoms with E-state index in [4.69, 9.17) is 4.74 Å². The molecule has 0 amide bonds. The number of imidazole rings is 1. The molecule has 2 heterocycles. The van der Waals surface area contributed by atoms with E-state index in [2.05, 4.69) is 29.9 Å². The van der Waals surface area contributed by atoms with Crippen LogP contribution in [0.1, 0.15) is 22.5 Å². The van der Waals surface area contributed by atoms with Gasteiger partial charge in [-0.25, -0.2) is 13.8 Å². The van der Waals surface area contributed by atoms with Crippen molar-refractivity contribution in [1.82, 2.24) is 14.9 Å². The lowest BCUT2D eigenvalue weighted by Gasteiger charge is -2.16. The molecule has 2 aromatic carbocycles. The van der Waals surface area contributed by atoms with Gasteiger partial charge in [0, 0.05) is 25.2 Å². The van der Waals surface area contributed by atoms with Gasteiger partial charge in [0.1, 0.15) is 30.5 Å². The molecule has 0 spiro atoms. The minimum Gasteiger partial charge on any atom is -0.366 e. The van der Waals surface area contributed by atoms with Gasteiger partial charge < -0.3 is 9.72 Å². The summed E-state index contributed by atoms with van der Waals surface area (Å²) < 4.78 is 33.9. The highest BCUT2D eigenvalue weighted by Crippen LogP contribution is 2.22.